The summed E-state index contributed by atoms with van der Waals surface area (Å²) in [6.45, 7) is 0. The number of aromatic nitrogens is 1. The number of amides is 2. The molecule has 1 aromatic heterocycles. The predicted octanol–water partition coefficient (Wildman–Crippen LogP) is 5.71. The van der Waals surface area contributed by atoms with Gasteiger partial charge in [-0.05, 0) is 48.5 Å². The van der Waals surface area contributed by atoms with Crippen molar-refractivity contribution in [2.24, 2.45) is 0 Å². The smallest absolute Gasteiger partial charge is 0.266 e. The van der Waals surface area contributed by atoms with Crippen LogP contribution in [0.3, 0.4) is 0 Å². The van der Waals surface area contributed by atoms with E-state index in [0.29, 0.717) is 44.4 Å². The molecule has 5 nitrogen and oxygen atoms in total. The van der Waals surface area contributed by atoms with Crippen molar-refractivity contribution in [1.29, 1.82) is 0 Å². The molecule has 136 valence electrons. The van der Waals surface area contributed by atoms with Crippen LogP contribution in [-0.4, -0.2) is 16.8 Å². The molecule has 28 heavy (non-hydrogen) atoms. The lowest BCUT2D eigenvalue weighted by Gasteiger charge is -2.13. The zero-order chi connectivity index (χ0) is 19.4. The van der Waals surface area contributed by atoms with E-state index in [1.54, 1.807) is 48.5 Å². The highest BCUT2D eigenvalue weighted by Gasteiger charge is 2.36. The Bertz CT molecular complexity index is 1260. The summed E-state index contributed by atoms with van der Waals surface area (Å²) in [5, 5.41) is 0.510. The van der Waals surface area contributed by atoms with Crippen LogP contribution in [-0.2, 0) is 0 Å². The van der Waals surface area contributed by atoms with Crippen molar-refractivity contribution in [1.82, 2.24) is 4.98 Å². The number of halogens is 2. The van der Waals surface area contributed by atoms with Gasteiger partial charge in [-0.1, -0.05) is 39.7 Å². The summed E-state index contributed by atoms with van der Waals surface area (Å²) in [6.07, 6.45) is 0. The van der Waals surface area contributed by atoms with E-state index in [1.807, 2.05) is 12.1 Å². The topological polar surface area (TPSA) is 63.4 Å². The number of carbonyl (C=O) groups excluding carboxylic acids is 2. The third-order valence-electron chi connectivity index (χ3n) is 4.58. The SMILES string of the molecule is O=C1c2ccccc2C(=O)N1c1ccc2oc(-c3cc(Br)ccc3Cl)nc2c1. The molecule has 0 saturated heterocycles. The Kier molecular flexibility index (Phi) is 3.86. The molecule has 0 saturated carbocycles. The molecule has 7 heteroatoms. The minimum atomic E-state index is -0.348. The number of oxazole rings is 1. The molecule has 0 spiro atoms. The zero-order valence-electron chi connectivity index (χ0n) is 14.1. The predicted molar refractivity (Wildman–Crippen MR) is 110 cm³/mol. The summed E-state index contributed by atoms with van der Waals surface area (Å²) < 4.78 is 6.67. The van der Waals surface area contributed by atoms with Crippen LogP contribution in [0.15, 0.2) is 69.6 Å². The van der Waals surface area contributed by atoms with Gasteiger partial charge in [0.2, 0.25) is 5.89 Å². The van der Waals surface area contributed by atoms with Crippen molar-refractivity contribution in [3.05, 3.63) is 81.3 Å². The molecule has 0 fully saturated rings. The van der Waals surface area contributed by atoms with Crippen LogP contribution in [0.25, 0.3) is 22.6 Å². The first-order valence-corrected chi connectivity index (χ1v) is 9.54. The second kappa shape index (κ2) is 6.29. The lowest BCUT2D eigenvalue weighted by Crippen LogP contribution is -2.29. The van der Waals surface area contributed by atoms with Crippen molar-refractivity contribution < 1.29 is 14.0 Å². The standard InChI is InChI=1S/C21H10BrClN2O3/c22-11-5-7-16(23)15(9-11)19-24-17-10-12(6-8-18(17)28-19)25-20(26)13-3-1-2-4-14(13)21(25)27/h1-10H. The van der Waals surface area contributed by atoms with Gasteiger partial charge < -0.3 is 4.42 Å². The van der Waals surface area contributed by atoms with Gasteiger partial charge in [0.05, 0.1) is 27.4 Å². The third kappa shape index (κ3) is 2.57. The first-order chi connectivity index (χ1) is 13.5. The van der Waals surface area contributed by atoms with Crippen molar-refractivity contribution in [2.45, 2.75) is 0 Å². The Morgan fingerprint density at radius 2 is 1.61 bits per heavy atom. The maximum Gasteiger partial charge on any atom is 0.266 e. The molecule has 0 unspecified atom stereocenters. The molecule has 0 bridgehead atoms. The molecule has 0 radical (unpaired) electrons. The quantitative estimate of drug-likeness (QED) is 0.365. The Balaban J connectivity index is 1.59. The summed E-state index contributed by atoms with van der Waals surface area (Å²) in [4.78, 5) is 31.0. The first kappa shape index (κ1) is 17.2. The van der Waals surface area contributed by atoms with Crippen molar-refractivity contribution >= 4 is 56.1 Å². The highest BCUT2D eigenvalue weighted by atomic mass is 79.9. The third-order valence-corrected chi connectivity index (χ3v) is 5.41. The molecule has 5 rings (SSSR count). The molecule has 2 heterocycles. The fraction of sp³-hybridized carbons (Fsp3) is 0. The van der Waals surface area contributed by atoms with Crippen LogP contribution in [0.4, 0.5) is 5.69 Å². The monoisotopic (exact) mass is 452 g/mol. The highest BCUT2D eigenvalue weighted by molar-refractivity contribution is 9.10. The van der Waals surface area contributed by atoms with Gasteiger partial charge in [-0.3, -0.25) is 9.59 Å². The average Bonchev–Trinajstić information content (AvgIpc) is 3.23. The van der Waals surface area contributed by atoms with Crippen molar-refractivity contribution in [3.8, 4) is 11.5 Å². The van der Waals surface area contributed by atoms with Crippen LogP contribution in [0.5, 0.6) is 0 Å². The number of rotatable bonds is 2. The van der Waals surface area contributed by atoms with E-state index in [9.17, 15) is 9.59 Å². The average molecular weight is 454 g/mol. The van der Waals surface area contributed by atoms with Crippen LogP contribution in [0.2, 0.25) is 5.02 Å². The Morgan fingerprint density at radius 1 is 0.893 bits per heavy atom. The molecule has 0 atom stereocenters. The van der Waals surface area contributed by atoms with Gasteiger partial charge in [0.1, 0.15) is 5.52 Å². The van der Waals surface area contributed by atoms with Crippen molar-refractivity contribution in [3.63, 3.8) is 0 Å². The lowest BCUT2D eigenvalue weighted by molar-refractivity contribution is 0.0926. The normalized spacial score (nSPS) is 13.4. The second-order valence-corrected chi connectivity index (χ2v) is 7.61. The van der Waals surface area contributed by atoms with Gasteiger partial charge >= 0.3 is 0 Å². The number of carbonyl (C=O) groups is 2. The van der Waals surface area contributed by atoms with Gasteiger partial charge in [0.15, 0.2) is 5.58 Å². The van der Waals surface area contributed by atoms with E-state index >= 15 is 0 Å². The van der Waals surface area contributed by atoms with E-state index in [0.717, 1.165) is 9.37 Å². The minimum absolute atomic E-state index is 0.348. The largest absolute Gasteiger partial charge is 0.436 e. The number of anilines is 1. The molecule has 3 aromatic carbocycles. The molecular formula is C21H10BrClN2O3. The summed E-state index contributed by atoms with van der Waals surface area (Å²) in [5.74, 6) is -0.335. The number of hydrogen-bond acceptors (Lipinski definition) is 4. The molecule has 1 aliphatic rings. The summed E-state index contributed by atoms with van der Waals surface area (Å²) in [6, 6.07) is 17.2. The maximum atomic E-state index is 12.7. The van der Waals surface area contributed by atoms with E-state index in [4.69, 9.17) is 16.0 Å². The number of hydrogen-bond donors (Lipinski definition) is 0. The molecule has 0 N–H and O–H groups in total. The minimum Gasteiger partial charge on any atom is -0.436 e. The van der Waals surface area contributed by atoms with E-state index in [2.05, 4.69) is 20.9 Å². The Labute approximate surface area is 172 Å². The highest BCUT2D eigenvalue weighted by Crippen LogP contribution is 2.35. The number of imide groups is 1. The fourth-order valence-electron chi connectivity index (χ4n) is 3.26. The molecule has 0 aliphatic carbocycles. The number of benzene rings is 3. The fourth-order valence-corrected chi connectivity index (χ4v) is 3.81. The summed E-state index contributed by atoms with van der Waals surface area (Å²) >= 11 is 9.68. The van der Waals surface area contributed by atoms with Crippen LogP contribution in [0, 0.1) is 0 Å². The van der Waals surface area contributed by atoms with E-state index in [1.165, 1.54) is 0 Å². The second-order valence-electron chi connectivity index (χ2n) is 6.29. The van der Waals surface area contributed by atoms with Gasteiger partial charge in [-0.15, -0.1) is 0 Å². The lowest BCUT2D eigenvalue weighted by atomic mass is 10.1. The van der Waals surface area contributed by atoms with Crippen molar-refractivity contribution in [2.75, 3.05) is 4.90 Å². The maximum absolute atomic E-state index is 12.7. The molecular weight excluding hydrogens is 444 g/mol. The molecule has 1 aliphatic heterocycles. The van der Waals surface area contributed by atoms with Gasteiger partial charge in [0.25, 0.3) is 11.8 Å². The summed E-state index contributed by atoms with van der Waals surface area (Å²) in [5.41, 5.74) is 2.95. The van der Waals surface area contributed by atoms with Crippen LogP contribution >= 0.6 is 27.5 Å². The van der Waals surface area contributed by atoms with Crippen LogP contribution < -0.4 is 4.90 Å². The first-order valence-electron chi connectivity index (χ1n) is 8.37. The van der Waals surface area contributed by atoms with E-state index < -0.39 is 0 Å². The number of nitrogens with zero attached hydrogens (tertiary/aromatic N) is 2. The Hall–Kier alpha value is -2.96. The van der Waals surface area contributed by atoms with Gasteiger partial charge in [-0.25, -0.2) is 9.88 Å². The zero-order valence-corrected chi connectivity index (χ0v) is 16.5. The molecule has 2 amide bonds. The summed E-state index contributed by atoms with van der Waals surface area (Å²) in [7, 11) is 0. The number of fused-ring (bicyclic) bond motifs is 2. The van der Waals surface area contributed by atoms with Gasteiger partial charge in [-0.2, -0.15) is 0 Å². The van der Waals surface area contributed by atoms with Crippen LogP contribution in [0.1, 0.15) is 20.7 Å². The van der Waals surface area contributed by atoms with E-state index in [-0.39, 0.29) is 11.8 Å². The molecule has 4 aromatic rings. The van der Waals surface area contributed by atoms with Gasteiger partial charge in [0, 0.05) is 4.47 Å². The Morgan fingerprint density at radius 3 is 2.32 bits per heavy atom.